The van der Waals surface area contributed by atoms with Gasteiger partial charge in [0.05, 0.1) is 18.2 Å². The molecule has 1 amide bonds. The van der Waals surface area contributed by atoms with Gasteiger partial charge in [0.15, 0.2) is 0 Å². The molecule has 0 aliphatic carbocycles. The van der Waals surface area contributed by atoms with Gasteiger partial charge in [-0.3, -0.25) is 14.6 Å². The van der Waals surface area contributed by atoms with E-state index in [0.29, 0.717) is 57.3 Å². The van der Waals surface area contributed by atoms with Crippen LogP contribution in [0.15, 0.2) is 37.1 Å². The number of carbonyl (C=O) groups excluding carboxylic acids is 2. The minimum atomic E-state index is -0.674. The van der Waals surface area contributed by atoms with Gasteiger partial charge in [-0.05, 0) is 25.8 Å². The second-order valence-corrected chi connectivity index (χ2v) is 7.45. The van der Waals surface area contributed by atoms with E-state index in [4.69, 9.17) is 4.74 Å². The van der Waals surface area contributed by atoms with E-state index in [-0.39, 0.29) is 17.8 Å². The highest BCUT2D eigenvalue weighted by atomic mass is 16.5. The van der Waals surface area contributed by atoms with Gasteiger partial charge in [-0.15, -0.1) is 0 Å². The van der Waals surface area contributed by atoms with Crippen molar-refractivity contribution in [2.45, 2.75) is 19.8 Å². The smallest absolute Gasteiger partial charge is 0.314 e. The number of nitrogens with zero attached hydrogens (tertiary/aromatic N) is 6. The molecule has 2 aliphatic heterocycles. The fourth-order valence-corrected chi connectivity index (χ4v) is 4.40. The molecule has 9 nitrogen and oxygen atoms in total. The fraction of sp³-hybridized carbons (Fsp3) is 0.500. The summed E-state index contributed by atoms with van der Waals surface area (Å²) < 4.78 is 5.47. The average molecular weight is 396 g/mol. The highest BCUT2D eigenvalue weighted by molar-refractivity contribution is 5.92. The van der Waals surface area contributed by atoms with Gasteiger partial charge in [0.2, 0.25) is 5.95 Å². The molecule has 29 heavy (non-hydrogen) atoms. The third kappa shape index (κ3) is 3.64. The Morgan fingerprint density at radius 1 is 1.17 bits per heavy atom. The number of esters is 1. The molecular weight excluding hydrogens is 372 g/mol. The van der Waals surface area contributed by atoms with Crippen molar-refractivity contribution >= 4 is 17.8 Å². The predicted molar refractivity (Wildman–Crippen MR) is 104 cm³/mol. The van der Waals surface area contributed by atoms with E-state index in [2.05, 4.69) is 19.9 Å². The Kier molecular flexibility index (Phi) is 5.37. The zero-order valence-corrected chi connectivity index (χ0v) is 16.4. The summed E-state index contributed by atoms with van der Waals surface area (Å²) in [5, 5.41) is 0. The summed E-state index contributed by atoms with van der Waals surface area (Å²) in [5.74, 6) is 0.161. The van der Waals surface area contributed by atoms with Gasteiger partial charge in [0.25, 0.3) is 5.91 Å². The van der Waals surface area contributed by atoms with Crippen molar-refractivity contribution < 1.29 is 14.3 Å². The number of ether oxygens (including phenoxy) is 1. The lowest BCUT2D eigenvalue weighted by Gasteiger charge is -2.31. The summed E-state index contributed by atoms with van der Waals surface area (Å²) in [4.78, 5) is 46.7. The van der Waals surface area contributed by atoms with Crippen LogP contribution in [0.4, 0.5) is 5.95 Å². The predicted octanol–water partition coefficient (Wildman–Crippen LogP) is 1.19. The number of carbonyl (C=O) groups is 2. The van der Waals surface area contributed by atoms with E-state index < -0.39 is 5.41 Å². The molecular formula is C20H24N6O3. The maximum absolute atomic E-state index is 13.1. The van der Waals surface area contributed by atoms with Crippen LogP contribution in [0.2, 0.25) is 0 Å². The minimum absolute atomic E-state index is 0.0755. The molecule has 0 bridgehead atoms. The number of amides is 1. The molecule has 2 aromatic heterocycles. The van der Waals surface area contributed by atoms with Crippen LogP contribution in [0.3, 0.4) is 0 Å². The molecule has 0 radical (unpaired) electrons. The van der Waals surface area contributed by atoms with Crippen molar-refractivity contribution in [1.29, 1.82) is 0 Å². The van der Waals surface area contributed by atoms with Crippen LogP contribution in [0.1, 0.15) is 30.3 Å². The van der Waals surface area contributed by atoms with E-state index in [1.54, 1.807) is 29.6 Å². The lowest BCUT2D eigenvalue weighted by atomic mass is 9.75. The topological polar surface area (TPSA) is 101 Å². The van der Waals surface area contributed by atoms with Crippen LogP contribution in [-0.4, -0.2) is 69.5 Å². The second kappa shape index (κ2) is 8.10. The summed E-state index contributed by atoms with van der Waals surface area (Å²) in [6.45, 7) is 4.27. The first kappa shape index (κ1) is 19.2. The van der Waals surface area contributed by atoms with E-state index in [1.165, 1.54) is 12.4 Å². The van der Waals surface area contributed by atoms with Gasteiger partial charge in [-0.2, -0.15) is 0 Å². The van der Waals surface area contributed by atoms with Gasteiger partial charge in [0, 0.05) is 56.9 Å². The van der Waals surface area contributed by atoms with Crippen LogP contribution in [0.5, 0.6) is 0 Å². The third-order valence-electron chi connectivity index (χ3n) is 5.77. The monoisotopic (exact) mass is 396 g/mol. The van der Waals surface area contributed by atoms with Crippen LogP contribution in [0, 0.1) is 11.3 Å². The summed E-state index contributed by atoms with van der Waals surface area (Å²) in [5.41, 5.74) is -0.357. The number of fused-ring (bicyclic) bond motifs is 1. The molecule has 4 heterocycles. The van der Waals surface area contributed by atoms with E-state index in [9.17, 15) is 9.59 Å². The van der Waals surface area contributed by atoms with Crippen molar-refractivity contribution in [3.8, 4) is 0 Å². The molecule has 0 N–H and O–H groups in total. The zero-order valence-electron chi connectivity index (χ0n) is 16.4. The Morgan fingerprint density at radius 3 is 2.72 bits per heavy atom. The first-order chi connectivity index (χ1) is 14.1. The summed E-state index contributed by atoms with van der Waals surface area (Å²) in [7, 11) is 0. The summed E-state index contributed by atoms with van der Waals surface area (Å²) in [6.07, 6.45) is 9.28. The van der Waals surface area contributed by atoms with Gasteiger partial charge >= 0.3 is 5.97 Å². The molecule has 0 unspecified atom stereocenters. The molecule has 0 aromatic carbocycles. The Morgan fingerprint density at radius 2 is 2.00 bits per heavy atom. The van der Waals surface area contributed by atoms with Gasteiger partial charge < -0.3 is 14.5 Å². The SMILES string of the molecule is CCOC(=O)[C@]12CCCN(C(=O)c3cnccn3)C[C@H]1CN(c1ncccn1)C2. The molecule has 2 atom stereocenters. The number of rotatable bonds is 4. The third-order valence-corrected chi connectivity index (χ3v) is 5.77. The highest BCUT2D eigenvalue weighted by Gasteiger charge is 2.55. The van der Waals surface area contributed by atoms with E-state index in [1.807, 2.05) is 11.8 Å². The molecule has 0 spiro atoms. The van der Waals surface area contributed by atoms with Crippen LogP contribution < -0.4 is 4.90 Å². The van der Waals surface area contributed by atoms with E-state index in [0.717, 1.165) is 0 Å². The van der Waals surface area contributed by atoms with Crippen molar-refractivity contribution in [3.63, 3.8) is 0 Å². The largest absolute Gasteiger partial charge is 0.466 e. The molecule has 2 fully saturated rings. The zero-order chi connectivity index (χ0) is 20.3. The maximum Gasteiger partial charge on any atom is 0.314 e. The van der Waals surface area contributed by atoms with Gasteiger partial charge in [0.1, 0.15) is 5.69 Å². The Labute approximate surface area is 169 Å². The molecule has 152 valence electrons. The maximum atomic E-state index is 13.1. The number of likely N-dealkylation sites (tertiary alicyclic amines) is 1. The van der Waals surface area contributed by atoms with E-state index >= 15 is 0 Å². The Hall–Kier alpha value is -3.10. The summed E-state index contributed by atoms with van der Waals surface area (Å²) in [6, 6.07) is 1.76. The number of hydrogen-bond acceptors (Lipinski definition) is 8. The van der Waals surface area contributed by atoms with Crippen LogP contribution >= 0.6 is 0 Å². The quantitative estimate of drug-likeness (QED) is 0.710. The average Bonchev–Trinajstić information content (AvgIpc) is 3.03. The number of anilines is 1. The molecule has 2 saturated heterocycles. The summed E-state index contributed by atoms with van der Waals surface area (Å²) >= 11 is 0. The lowest BCUT2D eigenvalue weighted by Crippen LogP contribution is -2.43. The number of aromatic nitrogens is 4. The molecule has 2 aliphatic rings. The molecule has 9 heteroatoms. The van der Waals surface area contributed by atoms with Crippen LogP contribution in [-0.2, 0) is 9.53 Å². The van der Waals surface area contributed by atoms with Gasteiger partial charge in [-0.1, -0.05) is 0 Å². The van der Waals surface area contributed by atoms with Crippen LogP contribution in [0.25, 0.3) is 0 Å². The first-order valence-electron chi connectivity index (χ1n) is 9.88. The Balaban J connectivity index is 1.62. The van der Waals surface area contributed by atoms with Crippen molar-refractivity contribution in [2.24, 2.45) is 11.3 Å². The molecule has 0 saturated carbocycles. The highest BCUT2D eigenvalue weighted by Crippen LogP contribution is 2.44. The minimum Gasteiger partial charge on any atom is -0.466 e. The van der Waals surface area contributed by atoms with Crippen molar-refractivity contribution in [1.82, 2.24) is 24.8 Å². The second-order valence-electron chi connectivity index (χ2n) is 7.45. The Bertz CT molecular complexity index is 865. The normalized spacial score (nSPS) is 24.0. The van der Waals surface area contributed by atoms with Gasteiger partial charge in [-0.25, -0.2) is 15.0 Å². The molecule has 4 rings (SSSR count). The fourth-order valence-electron chi connectivity index (χ4n) is 4.40. The van der Waals surface area contributed by atoms with Crippen molar-refractivity contribution in [2.75, 3.05) is 37.7 Å². The standard InChI is InChI=1S/C20H24N6O3/c1-2-29-18(28)20-5-3-10-25(17(27)16-11-21-8-9-22-16)12-15(20)13-26(14-20)19-23-6-4-7-24-19/h4,6-9,11,15H,2-3,5,10,12-14H2,1H3/t15-,20-/m0/s1. The first-order valence-corrected chi connectivity index (χ1v) is 9.88. The van der Waals surface area contributed by atoms with Crippen molar-refractivity contribution in [3.05, 3.63) is 42.7 Å². The lowest BCUT2D eigenvalue weighted by molar-refractivity contribution is -0.157. The number of hydrogen-bond donors (Lipinski definition) is 0. The molecule has 2 aromatic rings.